The molecule has 3 rings (SSSR count). The molecular formula is C19H17NO2. The quantitative estimate of drug-likeness (QED) is 0.777. The third-order valence-electron chi connectivity index (χ3n) is 3.48. The number of pyridine rings is 1. The van der Waals surface area contributed by atoms with Gasteiger partial charge < -0.3 is 9.84 Å². The van der Waals surface area contributed by atoms with Crippen molar-refractivity contribution in [3.63, 3.8) is 0 Å². The summed E-state index contributed by atoms with van der Waals surface area (Å²) < 4.78 is 5.84. The van der Waals surface area contributed by atoms with Gasteiger partial charge in [0.25, 0.3) is 0 Å². The summed E-state index contributed by atoms with van der Waals surface area (Å²) in [7, 11) is 0. The number of aliphatic hydroxyl groups excluding tert-OH is 1. The highest BCUT2D eigenvalue weighted by Gasteiger charge is 2.05. The molecule has 0 aliphatic heterocycles. The first-order valence-corrected chi connectivity index (χ1v) is 7.18. The Morgan fingerprint density at radius 2 is 1.82 bits per heavy atom. The highest BCUT2D eigenvalue weighted by molar-refractivity contribution is 5.67. The summed E-state index contributed by atoms with van der Waals surface area (Å²) in [6.07, 6.45) is 3.45. The van der Waals surface area contributed by atoms with Crippen molar-refractivity contribution in [2.45, 2.75) is 13.2 Å². The maximum atomic E-state index is 9.44. The maximum absolute atomic E-state index is 9.44. The Morgan fingerprint density at radius 3 is 2.64 bits per heavy atom. The van der Waals surface area contributed by atoms with Crippen LogP contribution in [0, 0.1) is 0 Å². The van der Waals surface area contributed by atoms with Crippen LogP contribution in [0.25, 0.3) is 11.1 Å². The summed E-state index contributed by atoms with van der Waals surface area (Å²) >= 11 is 0. The molecule has 0 bridgehead atoms. The van der Waals surface area contributed by atoms with Crippen molar-refractivity contribution >= 4 is 0 Å². The predicted molar refractivity (Wildman–Crippen MR) is 86.4 cm³/mol. The molecule has 3 aromatic rings. The van der Waals surface area contributed by atoms with E-state index in [9.17, 15) is 5.11 Å². The third-order valence-corrected chi connectivity index (χ3v) is 3.48. The van der Waals surface area contributed by atoms with Gasteiger partial charge in [0.2, 0.25) is 0 Å². The Morgan fingerprint density at radius 1 is 0.955 bits per heavy atom. The van der Waals surface area contributed by atoms with Gasteiger partial charge in [0.1, 0.15) is 12.4 Å². The molecular weight excluding hydrogens is 274 g/mol. The standard InChI is InChI=1S/C19H17NO2/c21-13-17-9-10-20-12-19(17)16-7-4-8-18(11-16)22-14-15-5-2-1-3-6-15/h1-12,21H,13-14H2. The first kappa shape index (κ1) is 14.3. The molecule has 0 atom stereocenters. The molecule has 0 radical (unpaired) electrons. The van der Waals surface area contributed by atoms with E-state index >= 15 is 0 Å². The summed E-state index contributed by atoms with van der Waals surface area (Å²) in [5.74, 6) is 0.800. The largest absolute Gasteiger partial charge is 0.489 e. The highest BCUT2D eigenvalue weighted by Crippen LogP contribution is 2.26. The second kappa shape index (κ2) is 6.87. The lowest BCUT2D eigenvalue weighted by molar-refractivity contribution is 0.282. The minimum atomic E-state index is -0.00699. The van der Waals surface area contributed by atoms with Crippen LogP contribution in [0.2, 0.25) is 0 Å². The summed E-state index contributed by atoms with van der Waals surface area (Å²) in [5, 5.41) is 9.44. The molecule has 0 spiro atoms. The summed E-state index contributed by atoms with van der Waals surface area (Å²) in [6, 6.07) is 19.7. The van der Waals surface area contributed by atoms with Gasteiger partial charge in [-0.2, -0.15) is 0 Å². The van der Waals surface area contributed by atoms with Crippen molar-refractivity contribution < 1.29 is 9.84 Å². The van der Waals surface area contributed by atoms with Crippen LogP contribution in [0.15, 0.2) is 73.1 Å². The van der Waals surface area contributed by atoms with Crippen LogP contribution in [0.4, 0.5) is 0 Å². The van der Waals surface area contributed by atoms with Crippen LogP contribution >= 0.6 is 0 Å². The fourth-order valence-corrected chi connectivity index (χ4v) is 2.32. The number of nitrogens with zero attached hydrogens (tertiary/aromatic N) is 1. The van der Waals surface area contributed by atoms with E-state index < -0.39 is 0 Å². The van der Waals surface area contributed by atoms with E-state index in [1.165, 1.54) is 0 Å². The number of rotatable bonds is 5. The van der Waals surface area contributed by atoms with E-state index in [2.05, 4.69) is 4.98 Å². The predicted octanol–water partition coefficient (Wildman–Crippen LogP) is 3.82. The maximum Gasteiger partial charge on any atom is 0.120 e. The molecule has 3 nitrogen and oxygen atoms in total. The molecule has 110 valence electrons. The minimum Gasteiger partial charge on any atom is -0.489 e. The number of ether oxygens (including phenoxy) is 1. The minimum absolute atomic E-state index is 0.00699. The van der Waals surface area contributed by atoms with E-state index in [4.69, 9.17) is 4.74 Å². The number of hydrogen-bond donors (Lipinski definition) is 1. The van der Waals surface area contributed by atoms with Crippen LogP contribution in [-0.2, 0) is 13.2 Å². The van der Waals surface area contributed by atoms with Crippen LogP contribution < -0.4 is 4.74 Å². The van der Waals surface area contributed by atoms with Crippen LogP contribution in [-0.4, -0.2) is 10.1 Å². The Hall–Kier alpha value is -2.65. The third kappa shape index (κ3) is 3.32. The summed E-state index contributed by atoms with van der Waals surface area (Å²) in [6.45, 7) is 0.525. The van der Waals surface area contributed by atoms with Crippen LogP contribution in [0.3, 0.4) is 0 Å². The van der Waals surface area contributed by atoms with Gasteiger partial charge in [-0.05, 0) is 34.9 Å². The van der Waals surface area contributed by atoms with Gasteiger partial charge in [-0.1, -0.05) is 42.5 Å². The average Bonchev–Trinajstić information content (AvgIpc) is 2.61. The molecule has 0 amide bonds. The number of aromatic nitrogens is 1. The molecule has 0 aliphatic carbocycles. The van der Waals surface area contributed by atoms with Gasteiger partial charge in [0.05, 0.1) is 6.61 Å². The van der Waals surface area contributed by atoms with Crippen molar-refractivity contribution in [2.75, 3.05) is 0 Å². The van der Waals surface area contributed by atoms with E-state index in [-0.39, 0.29) is 6.61 Å². The Balaban J connectivity index is 1.81. The lowest BCUT2D eigenvalue weighted by Gasteiger charge is -2.10. The lowest BCUT2D eigenvalue weighted by atomic mass is 10.0. The van der Waals surface area contributed by atoms with E-state index in [0.29, 0.717) is 6.61 Å². The zero-order valence-electron chi connectivity index (χ0n) is 12.1. The topological polar surface area (TPSA) is 42.4 Å². The average molecular weight is 291 g/mol. The molecule has 0 fully saturated rings. The van der Waals surface area contributed by atoms with Crippen molar-refractivity contribution in [3.05, 3.63) is 84.2 Å². The van der Waals surface area contributed by atoms with Gasteiger partial charge in [-0.15, -0.1) is 0 Å². The van der Waals surface area contributed by atoms with E-state index in [1.54, 1.807) is 12.4 Å². The summed E-state index contributed by atoms with van der Waals surface area (Å²) in [4.78, 5) is 4.14. The first-order chi connectivity index (χ1) is 10.9. The molecule has 0 unspecified atom stereocenters. The van der Waals surface area contributed by atoms with Gasteiger partial charge >= 0.3 is 0 Å². The second-order valence-electron chi connectivity index (χ2n) is 4.99. The van der Waals surface area contributed by atoms with Gasteiger partial charge in [-0.25, -0.2) is 0 Å². The normalized spacial score (nSPS) is 10.4. The molecule has 22 heavy (non-hydrogen) atoms. The zero-order chi connectivity index (χ0) is 15.2. The SMILES string of the molecule is OCc1ccncc1-c1cccc(OCc2ccccc2)c1. The Bertz CT molecular complexity index is 741. The zero-order valence-corrected chi connectivity index (χ0v) is 12.1. The summed E-state index contributed by atoms with van der Waals surface area (Å²) in [5.41, 5.74) is 3.90. The molecule has 2 aromatic carbocycles. The van der Waals surface area contributed by atoms with E-state index in [0.717, 1.165) is 28.0 Å². The Labute approximate surface area is 129 Å². The van der Waals surface area contributed by atoms with Crippen molar-refractivity contribution in [2.24, 2.45) is 0 Å². The fourth-order valence-electron chi connectivity index (χ4n) is 2.32. The van der Waals surface area contributed by atoms with Crippen molar-refractivity contribution in [1.82, 2.24) is 4.98 Å². The molecule has 0 aliphatic rings. The lowest BCUT2D eigenvalue weighted by Crippen LogP contribution is -1.96. The molecule has 3 heteroatoms. The Kier molecular flexibility index (Phi) is 4.47. The molecule has 0 saturated carbocycles. The van der Waals surface area contributed by atoms with Gasteiger partial charge in [-0.3, -0.25) is 4.98 Å². The fraction of sp³-hybridized carbons (Fsp3) is 0.105. The van der Waals surface area contributed by atoms with Gasteiger partial charge in [0, 0.05) is 18.0 Å². The highest BCUT2D eigenvalue weighted by atomic mass is 16.5. The van der Waals surface area contributed by atoms with Gasteiger partial charge in [0.15, 0.2) is 0 Å². The second-order valence-corrected chi connectivity index (χ2v) is 4.99. The molecule has 1 heterocycles. The van der Waals surface area contributed by atoms with Crippen molar-refractivity contribution in [3.8, 4) is 16.9 Å². The van der Waals surface area contributed by atoms with Crippen LogP contribution in [0.5, 0.6) is 5.75 Å². The monoisotopic (exact) mass is 291 g/mol. The molecule has 1 N–H and O–H groups in total. The molecule has 0 saturated heterocycles. The number of aliphatic hydroxyl groups is 1. The first-order valence-electron chi connectivity index (χ1n) is 7.18. The number of benzene rings is 2. The number of hydrogen-bond acceptors (Lipinski definition) is 3. The van der Waals surface area contributed by atoms with E-state index in [1.807, 2.05) is 60.7 Å². The smallest absolute Gasteiger partial charge is 0.120 e. The van der Waals surface area contributed by atoms with Crippen LogP contribution in [0.1, 0.15) is 11.1 Å². The van der Waals surface area contributed by atoms with Crippen molar-refractivity contribution in [1.29, 1.82) is 0 Å². The molecule has 1 aromatic heterocycles.